The average Bonchev–Trinajstić information content (AvgIpc) is 2.66. The first-order chi connectivity index (χ1) is 14.2. The van der Waals surface area contributed by atoms with Crippen molar-refractivity contribution in [3.63, 3.8) is 0 Å². The Labute approximate surface area is 174 Å². The Balaban J connectivity index is 1.49. The van der Waals surface area contributed by atoms with Gasteiger partial charge in [0.15, 0.2) is 0 Å². The highest BCUT2D eigenvalue weighted by Gasteiger charge is 2.31. The van der Waals surface area contributed by atoms with Gasteiger partial charge < -0.3 is 14.6 Å². The Morgan fingerprint density at radius 3 is 2.30 bits per heavy atom. The second kappa shape index (κ2) is 9.40. The molecule has 0 aromatic heterocycles. The number of alkyl halides is 3. The van der Waals surface area contributed by atoms with Crippen LogP contribution in [0.5, 0.6) is 11.5 Å². The zero-order chi connectivity index (χ0) is 21.7. The van der Waals surface area contributed by atoms with E-state index in [9.17, 15) is 27.9 Å². The van der Waals surface area contributed by atoms with Crippen LogP contribution in [0.4, 0.5) is 18.0 Å². The summed E-state index contributed by atoms with van der Waals surface area (Å²) in [6, 6.07) is 11.9. The molecule has 0 saturated carbocycles. The van der Waals surface area contributed by atoms with Crippen LogP contribution in [0.15, 0.2) is 48.5 Å². The van der Waals surface area contributed by atoms with Crippen LogP contribution in [0.25, 0.3) is 0 Å². The van der Waals surface area contributed by atoms with Gasteiger partial charge in [0.05, 0.1) is 0 Å². The summed E-state index contributed by atoms with van der Waals surface area (Å²) in [5, 5.41) is 11.9. The summed E-state index contributed by atoms with van der Waals surface area (Å²) in [7, 11) is 0. The third-order valence-electron chi connectivity index (χ3n) is 4.22. The molecule has 1 fully saturated rings. The molecule has 1 aliphatic rings. The second-order valence-electron chi connectivity index (χ2n) is 6.57. The van der Waals surface area contributed by atoms with Crippen LogP contribution in [0, 0.1) is 0 Å². The van der Waals surface area contributed by atoms with Crippen molar-refractivity contribution in [3.05, 3.63) is 59.7 Å². The van der Waals surface area contributed by atoms with Gasteiger partial charge in [0, 0.05) is 11.7 Å². The van der Waals surface area contributed by atoms with Gasteiger partial charge in [0.25, 0.3) is 5.24 Å². The summed E-state index contributed by atoms with van der Waals surface area (Å²) in [4.78, 5) is 22.8. The summed E-state index contributed by atoms with van der Waals surface area (Å²) in [6.07, 6.45) is -4.98. The van der Waals surface area contributed by atoms with E-state index in [-0.39, 0.29) is 35.2 Å². The molecule has 0 aliphatic carbocycles. The van der Waals surface area contributed by atoms with E-state index in [2.05, 4.69) is 10.1 Å². The van der Waals surface area contributed by atoms with Gasteiger partial charge in [-0.3, -0.25) is 14.9 Å². The number of halogens is 3. The van der Waals surface area contributed by atoms with E-state index >= 15 is 0 Å². The highest BCUT2D eigenvalue weighted by Crippen LogP contribution is 2.26. The predicted octanol–water partition coefficient (Wildman–Crippen LogP) is 3.98. The van der Waals surface area contributed by atoms with Gasteiger partial charge in [0.2, 0.25) is 5.91 Å². The molecule has 0 bridgehead atoms. The van der Waals surface area contributed by atoms with Gasteiger partial charge in [-0.25, -0.2) is 0 Å². The number of nitrogens with one attached hydrogen (secondary N) is 1. The van der Waals surface area contributed by atoms with Crippen LogP contribution in [-0.4, -0.2) is 34.5 Å². The second-order valence-corrected chi connectivity index (χ2v) is 7.84. The van der Waals surface area contributed by atoms with Crippen LogP contribution >= 0.6 is 11.8 Å². The summed E-state index contributed by atoms with van der Waals surface area (Å²) in [5.74, 6) is -0.152. The monoisotopic (exact) mass is 441 g/mol. The van der Waals surface area contributed by atoms with Crippen LogP contribution < -0.4 is 14.8 Å². The molecule has 0 spiro atoms. The number of thioether (sulfide) groups is 1. The fraction of sp³-hybridized carbons (Fsp3) is 0.300. The summed E-state index contributed by atoms with van der Waals surface area (Å²) in [5.41, 5.74) is 1.32. The van der Waals surface area contributed by atoms with Crippen LogP contribution in [-0.2, 0) is 11.2 Å². The number of benzene rings is 2. The molecule has 1 saturated heterocycles. The van der Waals surface area contributed by atoms with E-state index in [4.69, 9.17) is 4.74 Å². The number of aliphatic hydroxyl groups is 1. The molecule has 10 heteroatoms. The Morgan fingerprint density at radius 2 is 1.70 bits per heavy atom. The third-order valence-corrected chi connectivity index (χ3v) is 5.20. The molecule has 6 nitrogen and oxygen atoms in total. The van der Waals surface area contributed by atoms with E-state index in [1.807, 2.05) is 12.1 Å². The Kier molecular flexibility index (Phi) is 6.88. The minimum Gasteiger partial charge on any atom is -0.491 e. The largest absolute Gasteiger partial charge is 0.573 e. The first-order valence-corrected chi connectivity index (χ1v) is 9.82. The first kappa shape index (κ1) is 22.0. The highest BCUT2D eigenvalue weighted by molar-refractivity contribution is 8.14. The molecule has 2 atom stereocenters. The number of imide groups is 1. The molecule has 30 heavy (non-hydrogen) atoms. The lowest BCUT2D eigenvalue weighted by molar-refractivity contribution is -0.274. The zero-order valence-corrected chi connectivity index (χ0v) is 16.3. The molecule has 3 rings (SSSR count). The number of rotatable bonds is 7. The van der Waals surface area contributed by atoms with Crippen LogP contribution in [0.3, 0.4) is 0 Å². The van der Waals surface area contributed by atoms with E-state index in [0.29, 0.717) is 17.7 Å². The van der Waals surface area contributed by atoms with Crippen LogP contribution in [0.1, 0.15) is 23.7 Å². The van der Waals surface area contributed by atoms with Gasteiger partial charge in [-0.05, 0) is 41.8 Å². The summed E-state index contributed by atoms with van der Waals surface area (Å²) >= 11 is 1.10. The maximum absolute atomic E-state index is 12.2. The minimum absolute atomic E-state index is 0.0913. The van der Waals surface area contributed by atoms with E-state index in [1.165, 1.54) is 12.1 Å². The number of carbonyl (C=O) groups is 2. The van der Waals surface area contributed by atoms with E-state index < -0.39 is 12.5 Å². The zero-order valence-electron chi connectivity index (χ0n) is 15.5. The fourth-order valence-electron chi connectivity index (χ4n) is 2.86. The van der Waals surface area contributed by atoms with Crippen LogP contribution in [0.2, 0.25) is 0 Å². The molecule has 2 aromatic carbocycles. The summed E-state index contributed by atoms with van der Waals surface area (Å²) in [6.45, 7) is -0.0913. The summed E-state index contributed by atoms with van der Waals surface area (Å²) < 4.78 is 45.8. The Hall–Kier alpha value is -2.72. The normalized spacial score (nSPS) is 17.9. The first-order valence-electron chi connectivity index (χ1n) is 8.94. The van der Waals surface area contributed by atoms with Crippen molar-refractivity contribution >= 4 is 22.9 Å². The van der Waals surface area contributed by atoms with E-state index in [1.54, 1.807) is 12.1 Å². The average molecular weight is 441 g/mol. The lowest BCUT2D eigenvalue weighted by Crippen LogP contribution is -2.36. The number of carbonyl (C=O) groups excluding carboxylic acids is 2. The minimum atomic E-state index is -4.77. The topological polar surface area (TPSA) is 84.9 Å². The van der Waals surface area contributed by atoms with Gasteiger partial charge in [0.1, 0.15) is 24.2 Å². The van der Waals surface area contributed by atoms with Crippen molar-refractivity contribution in [2.45, 2.75) is 30.6 Å². The maximum Gasteiger partial charge on any atom is 0.573 e. The molecule has 2 N–H and O–H groups in total. The molecule has 1 unspecified atom stereocenters. The number of hydrogen-bond donors (Lipinski definition) is 2. The Bertz CT molecular complexity index is 871. The van der Waals surface area contributed by atoms with Crippen molar-refractivity contribution in [3.8, 4) is 11.5 Å². The standard InChI is InChI=1S/C20H18F3NO5S/c21-20(22,23)29-15-7-3-13(4-8-15)17(25)11-28-14-5-1-12(2-6-14)9-16-10-18(26)24-19(27)30-16/h1-8,16-17,25H,9-11H2,(H,24,26,27)/t16?,17-/m1/s1. The fourth-order valence-corrected chi connectivity index (χ4v) is 3.84. The number of hydrogen-bond acceptors (Lipinski definition) is 6. The third kappa shape index (κ3) is 6.67. The maximum atomic E-state index is 12.2. The molecule has 1 aliphatic heterocycles. The quantitative estimate of drug-likeness (QED) is 0.676. The number of amides is 2. The van der Waals surface area contributed by atoms with Crippen molar-refractivity contribution in [2.75, 3.05) is 6.61 Å². The van der Waals surface area contributed by atoms with Crippen molar-refractivity contribution < 1.29 is 37.3 Å². The Morgan fingerprint density at radius 1 is 1.07 bits per heavy atom. The lowest BCUT2D eigenvalue weighted by atomic mass is 10.1. The SMILES string of the molecule is O=C1CC(Cc2ccc(OC[C@@H](O)c3ccc(OC(F)(F)F)cc3)cc2)SC(=O)N1. The molecular formula is C20H18F3NO5S. The van der Waals surface area contributed by atoms with Gasteiger partial charge in [-0.1, -0.05) is 36.0 Å². The van der Waals surface area contributed by atoms with Gasteiger partial charge in [-0.2, -0.15) is 0 Å². The van der Waals surface area contributed by atoms with E-state index in [0.717, 1.165) is 29.5 Å². The van der Waals surface area contributed by atoms with Gasteiger partial charge in [-0.15, -0.1) is 13.2 Å². The highest BCUT2D eigenvalue weighted by atomic mass is 32.2. The van der Waals surface area contributed by atoms with Crippen molar-refractivity contribution in [1.29, 1.82) is 0 Å². The van der Waals surface area contributed by atoms with Gasteiger partial charge >= 0.3 is 6.36 Å². The van der Waals surface area contributed by atoms with Crippen molar-refractivity contribution in [1.82, 2.24) is 5.32 Å². The molecule has 1 heterocycles. The molecule has 160 valence electrons. The predicted molar refractivity (Wildman–Crippen MR) is 103 cm³/mol. The molecule has 0 radical (unpaired) electrons. The lowest BCUT2D eigenvalue weighted by Gasteiger charge is -2.20. The number of aliphatic hydroxyl groups excluding tert-OH is 1. The van der Waals surface area contributed by atoms with Crippen molar-refractivity contribution in [2.24, 2.45) is 0 Å². The number of ether oxygens (including phenoxy) is 2. The smallest absolute Gasteiger partial charge is 0.491 e. The molecule has 2 amide bonds. The molecular weight excluding hydrogens is 423 g/mol. The molecule has 2 aromatic rings.